The van der Waals surface area contributed by atoms with Gasteiger partial charge in [-0.2, -0.15) is 0 Å². The molecule has 1 atom stereocenters. The van der Waals surface area contributed by atoms with Crippen LogP contribution in [0, 0.1) is 19.3 Å². The van der Waals surface area contributed by atoms with E-state index >= 15 is 0 Å². The summed E-state index contributed by atoms with van der Waals surface area (Å²) in [6.45, 7) is 10.9. The number of hydrogen-bond acceptors (Lipinski definition) is 2. The van der Waals surface area contributed by atoms with Gasteiger partial charge in [-0.05, 0) is 42.9 Å². The number of rotatable bonds is 3. The first-order chi connectivity index (χ1) is 8.74. The normalized spacial score (nSPS) is 14.0. The second-order valence-corrected chi connectivity index (χ2v) is 6.89. The van der Waals surface area contributed by atoms with E-state index < -0.39 is 0 Å². The number of aryl methyl sites for hydroxylation is 2. The van der Waals surface area contributed by atoms with Gasteiger partial charge in [-0.3, -0.25) is 0 Å². The van der Waals surface area contributed by atoms with Crippen molar-refractivity contribution in [3.63, 3.8) is 0 Å². The molecule has 2 rings (SSSR count). The minimum absolute atomic E-state index is 0.155. The molecule has 0 saturated carbocycles. The topological polar surface area (TPSA) is 54.7 Å². The fourth-order valence-corrected chi connectivity index (χ4v) is 2.73. The third-order valence-electron chi connectivity index (χ3n) is 3.30. The van der Waals surface area contributed by atoms with E-state index in [0.717, 1.165) is 29.7 Å². The molecule has 0 spiro atoms. The SMILES string of the molecule is Cc1cc(C)c2nc(CC(N)CC(C)(C)C)[nH]c2c1. The number of benzene rings is 1. The van der Waals surface area contributed by atoms with Crippen molar-refractivity contribution in [3.8, 4) is 0 Å². The van der Waals surface area contributed by atoms with Gasteiger partial charge in [0.05, 0.1) is 11.0 Å². The third-order valence-corrected chi connectivity index (χ3v) is 3.30. The van der Waals surface area contributed by atoms with Crippen molar-refractivity contribution >= 4 is 11.0 Å². The summed E-state index contributed by atoms with van der Waals surface area (Å²) in [4.78, 5) is 8.09. The monoisotopic (exact) mass is 259 g/mol. The average molecular weight is 259 g/mol. The summed E-state index contributed by atoms with van der Waals surface area (Å²) in [6.07, 6.45) is 1.81. The third kappa shape index (κ3) is 3.57. The number of fused-ring (bicyclic) bond motifs is 1. The minimum atomic E-state index is 0.155. The van der Waals surface area contributed by atoms with Crippen LogP contribution in [0.25, 0.3) is 11.0 Å². The molecule has 0 saturated heterocycles. The highest BCUT2D eigenvalue weighted by atomic mass is 14.9. The minimum Gasteiger partial charge on any atom is -0.342 e. The summed E-state index contributed by atoms with van der Waals surface area (Å²) in [5.74, 6) is 1.00. The molecule has 0 bridgehead atoms. The van der Waals surface area contributed by atoms with Crippen molar-refractivity contribution in [1.29, 1.82) is 0 Å². The van der Waals surface area contributed by atoms with Gasteiger partial charge in [0.1, 0.15) is 5.82 Å². The van der Waals surface area contributed by atoms with Gasteiger partial charge < -0.3 is 10.7 Å². The molecule has 3 N–H and O–H groups in total. The maximum atomic E-state index is 6.22. The van der Waals surface area contributed by atoms with Gasteiger partial charge in [-0.15, -0.1) is 0 Å². The first-order valence-corrected chi connectivity index (χ1v) is 6.96. The lowest BCUT2D eigenvalue weighted by Crippen LogP contribution is -2.28. The zero-order valence-corrected chi connectivity index (χ0v) is 12.7. The van der Waals surface area contributed by atoms with E-state index in [0.29, 0.717) is 0 Å². The van der Waals surface area contributed by atoms with Crippen molar-refractivity contribution in [1.82, 2.24) is 9.97 Å². The average Bonchev–Trinajstić information content (AvgIpc) is 2.56. The highest BCUT2D eigenvalue weighted by molar-refractivity contribution is 5.79. The zero-order valence-electron chi connectivity index (χ0n) is 12.7. The number of nitrogens with zero attached hydrogens (tertiary/aromatic N) is 1. The molecule has 0 aliphatic carbocycles. The summed E-state index contributed by atoms with van der Waals surface area (Å²) in [5.41, 5.74) is 11.2. The largest absolute Gasteiger partial charge is 0.342 e. The van der Waals surface area contributed by atoms with Crippen molar-refractivity contribution in [2.75, 3.05) is 0 Å². The maximum absolute atomic E-state index is 6.22. The maximum Gasteiger partial charge on any atom is 0.108 e. The highest BCUT2D eigenvalue weighted by Gasteiger charge is 2.17. The lowest BCUT2D eigenvalue weighted by atomic mass is 9.87. The van der Waals surface area contributed by atoms with Crippen LogP contribution >= 0.6 is 0 Å². The number of nitrogens with one attached hydrogen (secondary N) is 1. The van der Waals surface area contributed by atoms with Crippen LogP contribution < -0.4 is 5.73 Å². The van der Waals surface area contributed by atoms with Crippen LogP contribution in [0.5, 0.6) is 0 Å². The molecule has 0 fully saturated rings. The number of aromatic amines is 1. The van der Waals surface area contributed by atoms with Gasteiger partial charge in [0.2, 0.25) is 0 Å². The smallest absolute Gasteiger partial charge is 0.108 e. The predicted octanol–water partition coefficient (Wildman–Crippen LogP) is 3.49. The summed E-state index contributed by atoms with van der Waals surface area (Å²) in [5, 5.41) is 0. The Morgan fingerprint density at radius 3 is 2.58 bits per heavy atom. The molecule has 0 aliphatic heterocycles. The van der Waals surface area contributed by atoms with Crippen LogP contribution in [-0.4, -0.2) is 16.0 Å². The predicted molar refractivity (Wildman–Crippen MR) is 81.3 cm³/mol. The Morgan fingerprint density at radius 1 is 1.26 bits per heavy atom. The molecule has 1 aromatic heterocycles. The van der Waals surface area contributed by atoms with E-state index in [1.165, 1.54) is 11.1 Å². The molecule has 0 radical (unpaired) electrons. The summed E-state index contributed by atoms with van der Waals surface area (Å²) < 4.78 is 0. The molecular weight excluding hydrogens is 234 g/mol. The van der Waals surface area contributed by atoms with Crippen LogP contribution in [0.4, 0.5) is 0 Å². The summed E-state index contributed by atoms with van der Waals surface area (Å²) in [6, 6.07) is 4.47. The van der Waals surface area contributed by atoms with Gasteiger partial charge >= 0.3 is 0 Å². The van der Waals surface area contributed by atoms with Crippen molar-refractivity contribution in [3.05, 3.63) is 29.1 Å². The van der Waals surface area contributed by atoms with Crippen molar-refractivity contribution in [2.45, 2.75) is 53.5 Å². The molecule has 1 unspecified atom stereocenters. The number of imidazole rings is 1. The van der Waals surface area contributed by atoms with Gasteiger partial charge in [-0.25, -0.2) is 4.98 Å². The molecule has 2 aromatic rings. The highest BCUT2D eigenvalue weighted by Crippen LogP contribution is 2.23. The van der Waals surface area contributed by atoms with Gasteiger partial charge in [0.15, 0.2) is 0 Å². The van der Waals surface area contributed by atoms with E-state index in [1.807, 2.05) is 0 Å². The second-order valence-electron chi connectivity index (χ2n) is 6.89. The number of hydrogen-bond donors (Lipinski definition) is 2. The Bertz CT molecular complexity index is 575. The molecule has 0 aliphatic rings. The van der Waals surface area contributed by atoms with E-state index in [9.17, 15) is 0 Å². The van der Waals surface area contributed by atoms with Crippen LogP contribution in [-0.2, 0) is 6.42 Å². The molecule has 0 amide bonds. The first kappa shape index (κ1) is 14.1. The quantitative estimate of drug-likeness (QED) is 0.886. The number of H-pyrrole nitrogens is 1. The lowest BCUT2D eigenvalue weighted by molar-refractivity contribution is 0.337. The first-order valence-electron chi connectivity index (χ1n) is 6.96. The van der Waals surface area contributed by atoms with Crippen molar-refractivity contribution in [2.24, 2.45) is 11.1 Å². The van der Waals surface area contributed by atoms with E-state index in [2.05, 4.69) is 56.7 Å². The fraction of sp³-hybridized carbons (Fsp3) is 0.562. The zero-order chi connectivity index (χ0) is 14.2. The Morgan fingerprint density at radius 2 is 1.95 bits per heavy atom. The molecule has 1 aromatic carbocycles. The summed E-state index contributed by atoms with van der Waals surface area (Å²) >= 11 is 0. The van der Waals surface area contributed by atoms with Gasteiger partial charge in [0, 0.05) is 12.5 Å². The Hall–Kier alpha value is -1.35. The molecule has 3 nitrogen and oxygen atoms in total. The molecule has 1 heterocycles. The van der Waals surface area contributed by atoms with E-state index in [-0.39, 0.29) is 11.5 Å². The lowest BCUT2D eigenvalue weighted by Gasteiger charge is -2.22. The Kier molecular flexibility index (Phi) is 3.68. The summed E-state index contributed by atoms with van der Waals surface area (Å²) in [7, 11) is 0. The van der Waals surface area contributed by atoms with Crippen LogP contribution in [0.15, 0.2) is 12.1 Å². The van der Waals surface area contributed by atoms with E-state index in [1.54, 1.807) is 0 Å². The van der Waals surface area contributed by atoms with Crippen LogP contribution in [0.3, 0.4) is 0 Å². The second kappa shape index (κ2) is 4.97. The number of aromatic nitrogens is 2. The fourth-order valence-electron chi connectivity index (χ4n) is 2.73. The molecule has 3 heteroatoms. The van der Waals surface area contributed by atoms with Gasteiger partial charge in [-0.1, -0.05) is 26.8 Å². The molecule has 104 valence electrons. The van der Waals surface area contributed by atoms with Crippen LogP contribution in [0.2, 0.25) is 0 Å². The number of nitrogens with two attached hydrogens (primary N) is 1. The standard InChI is InChI=1S/C16H25N3/c1-10-6-11(2)15-13(7-10)18-14(19-15)8-12(17)9-16(3,4)5/h6-7,12H,8-9,17H2,1-5H3,(H,18,19). The van der Waals surface area contributed by atoms with Crippen LogP contribution in [0.1, 0.15) is 44.1 Å². The molecule has 19 heavy (non-hydrogen) atoms. The Labute approximate surface area is 115 Å². The Balaban J connectivity index is 2.20. The van der Waals surface area contributed by atoms with Crippen molar-refractivity contribution < 1.29 is 0 Å². The van der Waals surface area contributed by atoms with Gasteiger partial charge in [0.25, 0.3) is 0 Å². The van der Waals surface area contributed by atoms with E-state index in [4.69, 9.17) is 5.73 Å². The molecular formula is C16H25N3.